The van der Waals surface area contributed by atoms with Crippen molar-refractivity contribution in [1.82, 2.24) is 30.4 Å². The maximum atomic E-state index is 13.3. The van der Waals surface area contributed by atoms with Crippen molar-refractivity contribution in [1.29, 1.82) is 0 Å². The first-order valence-electron chi connectivity index (χ1n) is 22.3. The van der Waals surface area contributed by atoms with Crippen molar-refractivity contribution in [2.24, 2.45) is 0 Å². The summed E-state index contributed by atoms with van der Waals surface area (Å²) < 4.78 is 6.68. The summed E-state index contributed by atoms with van der Waals surface area (Å²) in [5.41, 5.74) is 3.16. The largest absolute Gasteiger partial charge is 0.494 e. The number of aromatic nitrogens is 2. The lowest BCUT2D eigenvalue weighted by atomic mass is 10.0. The van der Waals surface area contributed by atoms with Gasteiger partial charge in [-0.1, -0.05) is 85.9 Å². The van der Waals surface area contributed by atoms with Crippen LogP contribution >= 0.6 is 35.6 Å². The standard InChI is InChI=1S/C47H53ClN10O7S2/c1-49-42(61)30-13-9-10-15-33(30)52-41-32(48)28-50-46(55-41)53-34-19-18-29(27-37(34)65-2)56-22-24-57(25-23-56)47(66)67-26-11-7-5-3-4-6-8-17-38(59)51-35-16-12-14-31-40(35)45(64)58(44(31)63)36-20-21-39(60)54-43(36)62/h9-10,12-16,18-19,27-28,36H,3-8,11,17,20-26H2,1-2H3,(H,49,61)(H,51,59)(H,54,60,62)(H2,50,52,53,55). The van der Waals surface area contributed by atoms with Crippen LogP contribution in [0.15, 0.2) is 66.9 Å². The molecule has 4 heterocycles. The van der Waals surface area contributed by atoms with Gasteiger partial charge >= 0.3 is 0 Å². The molecule has 2 saturated heterocycles. The molecule has 3 aliphatic heterocycles. The minimum Gasteiger partial charge on any atom is -0.494 e. The first-order chi connectivity index (χ1) is 32.4. The van der Waals surface area contributed by atoms with Crippen molar-refractivity contribution in [2.75, 3.05) is 66.9 Å². The van der Waals surface area contributed by atoms with Gasteiger partial charge in [0.2, 0.25) is 23.7 Å². The zero-order valence-electron chi connectivity index (χ0n) is 37.3. The van der Waals surface area contributed by atoms with E-state index in [0.717, 1.165) is 85.4 Å². The molecule has 0 radical (unpaired) electrons. The maximum Gasteiger partial charge on any atom is 0.264 e. The van der Waals surface area contributed by atoms with Gasteiger partial charge in [-0.25, -0.2) is 4.98 Å². The SMILES string of the molecule is CNC(=O)c1ccccc1Nc1nc(Nc2ccc(N3CCN(C(=S)SCCCCCCCCCC(=O)Nc4cccc5c4C(=O)N(C4CCC(=O)NC4=O)C5=O)CC3)cc2OC)ncc1Cl. The molecule has 1 unspecified atom stereocenters. The fourth-order valence-corrected chi connectivity index (χ4v) is 9.63. The Bertz CT molecular complexity index is 2540. The highest BCUT2D eigenvalue weighted by atomic mass is 35.5. The molecule has 17 nitrogen and oxygen atoms in total. The van der Waals surface area contributed by atoms with Crippen LogP contribution in [0, 0.1) is 0 Å². The number of halogens is 1. The monoisotopic (exact) mass is 968 g/mol. The average molecular weight is 970 g/mol. The predicted octanol–water partition coefficient (Wildman–Crippen LogP) is 7.29. The molecular formula is C47H53ClN10O7S2. The van der Waals surface area contributed by atoms with Crippen LogP contribution in [-0.2, 0) is 14.4 Å². The normalized spacial score (nSPS) is 15.8. The Kier molecular flexibility index (Phi) is 16.6. The average Bonchev–Trinajstić information content (AvgIpc) is 3.59. The molecule has 0 bridgehead atoms. The number of hydrogen-bond donors (Lipinski definition) is 5. The lowest BCUT2D eigenvalue weighted by molar-refractivity contribution is -0.136. The molecule has 67 heavy (non-hydrogen) atoms. The van der Waals surface area contributed by atoms with E-state index in [1.54, 1.807) is 56.3 Å². The number of ether oxygens (including phenoxy) is 1. The van der Waals surface area contributed by atoms with E-state index >= 15 is 0 Å². The smallest absolute Gasteiger partial charge is 0.264 e. The van der Waals surface area contributed by atoms with Gasteiger partial charge in [-0.15, -0.1) is 0 Å². The number of fused-ring (bicyclic) bond motifs is 1. The number of piperazine rings is 1. The van der Waals surface area contributed by atoms with Crippen LogP contribution in [0.5, 0.6) is 5.75 Å². The zero-order valence-corrected chi connectivity index (χ0v) is 39.7. The number of piperidine rings is 1. The molecule has 0 spiro atoms. The van der Waals surface area contributed by atoms with Crippen LogP contribution in [0.2, 0.25) is 5.02 Å². The molecule has 4 aromatic rings. The second-order valence-corrected chi connectivity index (χ2v) is 18.3. The van der Waals surface area contributed by atoms with E-state index in [0.29, 0.717) is 45.9 Å². The fourth-order valence-electron chi connectivity index (χ4n) is 8.17. The highest BCUT2D eigenvalue weighted by Gasteiger charge is 2.45. The molecule has 0 aliphatic carbocycles. The van der Waals surface area contributed by atoms with Gasteiger partial charge in [-0.2, -0.15) is 4.98 Å². The lowest BCUT2D eigenvalue weighted by Crippen LogP contribution is -2.54. The Morgan fingerprint density at radius 1 is 0.881 bits per heavy atom. The number of benzene rings is 3. The number of unbranched alkanes of at least 4 members (excludes halogenated alkanes) is 6. The summed E-state index contributed by atoms with van der Waals surface area (Å²) >= 11 is 14.0. The lowest BCUT2D eigenvalue weighted by Gasteiger charge is -2.37. The van der Waals surface area contributed by atoms with Crippen molar-refractivity contribution < 1.29 is 33.5 Å². The molecule has 1 aromatic heterocycles. The number of anilines is 6. The third-order valence-corrected chi connectivity index (χ3v) is 13.6. The number of rotatable bonds is 19. The van der Waals surface area contributed by atoms with Crippen molar-refractivity contribution in [3.63, 3.8) is 0 Å². The minimum absolute atomic E-state index is 0.0331. The van der Waals surface area contributed by atoms with Crippen molar-refractivity contribution >= 4 is 110 Å². The number of amides is 6. The number of nitrogens with zero attached hydrogens (tertiary/aromatic N) is 5. The van der Waals surface area contributed by atoms with E-state index in [2.05, 4.69) is 46.4 Å². The number of nitrogens with one attached hydrogen (secondary N) is 5. The highest BCUT2D eigenvalue weighted by molar-refractivity contribution is 8.22. The van der Waals surface area contributed by atoms with Crippen LogP contribution in [0.25, 0.3) is 0 Å². The van der Waals surface area contributed by atoms with Gasteiger partial charge in [-0.3, -0.25) is 39.0 Å². The van der Waals surface area contributed by atoms with Gasteiger partial charge in [0.05, 0.1) is 47.1 Å². The van der Waals surface area contributed by atoms with Gasteiger partial charge in [0, 0.05) is 63.6 Å². The molecule has 3 aromatic carbocycles. The summed E-state index contributed by atoms with van der Waals surface area (Å²) in [6, 6.07) is 16.6. The number of thioether (sulfide) groups is 1. The van der Waals surface area contributed by atoms with Gasteiger partial charge < -0.3 is 35.8 Å². The Hall–Kier alpha value is -6.31. The first kappa shape index (κ1) is 48.6. The molecular weight excluding hydrogens is 916 g/mol. The molecule has 3 aliphatic rings. The third-order valence-electron chi connectivity index (χ3n) is 11.7. The summed E-state index contributed by atoms with van der Waals surface area (Å²) in [6.45, 7) is 3.26. The number of thiocarbonyl (C=S) groups is 1. The van der Waals surface area contributed by atoms with Gasteiger partial charge in [0.15, 0.2) is 5.82 Å². The van der Waals surface area contributed by atoms with Crippen LogP contribution in [0.1, 0.15) is 95.3 Å². The number of para-hydroxylation sites is 1. The Balaban J connectivity index is 0.765. The maximum absolute atomic E-state index is 13.3. The summed E-state index contributed by atoms with van der Waals surface area (Å²) in [6.07, 6.45) is 8.83. The van der Waals surface area contributed by atoms with E-state index in [1.807, 2.05) is 24.3 Å². The molecule has 1 atom stereocenters. The Labute approximate surface area is 403 Å². The molecule has 2 fully saturated rings. The van der Waals surface area contributed by atoms with Crippen LogP contribution in [0.3, 0.4) is 0 Å². The van der Waals surface area contributed by atoms with Gasteiger partial charge in [0.1, 0.15) is 21.1 Å². The summed E-state index contributed by atoms with van der Waals surface area (Å²) in [5, 5.41) is 14.3. The van der Waals surface area contributed by atoms with E-state index < -0.39 is 29.7 Å². The third kappa shape index (κ3) is 12.0. The number of imide groups is 2. The second-order valence-electron chi connectivity index (χ2n) is 16.2. The molecule has 6 amide bonds. The number of carbonyl (C=O) groups is 6. The fraction of sp³-hybridized carbons (Fsp3) is 0.383. The zero-order chi connectivity index (χ0) is 47.5. The van der Waals surface area contributed by atoms with Crippen molar-refractivity contribution in [3.8, 4) is 5.75 Å². The highest BCUT2D eigenvalue weighted by Crippen LogP contribution is 2.35. The first-order valence-corrected chi connectivity index (χ1v) is 24.1. The van der Waals surface area contributed by atoms with Gasteiger partial charge in [-0.05, 0) is 55.7 Å². The van der Waals surface area contributed by atoms with Crippen molar-refractivity contribution in [3.05, 3.63) is 88.6 Å². The van der Waals surface area contributed by atoms with E-state index in [9.17, 15) is 28.8 Å². The van der Waals surface area contributed by atoms with Crippen LogP contribution < -0.4 is 36.2 Å². The number of carbonyl (C=O) groups excluding carboxylic acids is 6. The van der Waals surface area contributed by atoms with Gasteiger partial charge in [0.25, 0.3) is 17.7 Å². The van der Waals surface area contributed by atoms with Crippen molar-refractivity contribution in [2.45, 2.75) is 70.3 Å². The number of methoxy groups -OCH3 is 1. The van der Waals surface area contributed by atoms with E-state index in [4.69, 9.17) is 28.6 Å². The van der Waals surface area contributed by atoms with Crippen LogP contribution in [-0.4, -0.2) is 112 Å². The summed E-state index contributed by atoms with van der Waals surface area (Å²) in [4.78, 5) is 90.0. The van der Waals surface area contributed by atoms with E-state index in [-0.39, 0.29) is 47.9 Å². The quantitative estimate of drug-likeness (QED) is 0.0355. The molecule has 0 saturated carbocycles. The second kappa shape index (κ2) is 22.9. The Morgan fingerprint density at radius 2 is 1.61 bits per heavy atom. The Morgan fingerprint density at radius 3 is 2.36 bits per heavy atom. The minimum atomic E-state index is -1.07. The number of hydrogen-bond acceptors (Lipinski definition) is 14. The summed E-state index contributed by atoms with van der Waals surface area (Å²) in [7, 11) is 3.19. The van der Waals surface area contributed by atoms with Crippen LogP contribution in [0.4, 0.5) is 34.5 Å². The molecule has 5 N–H and O–H groups in total. The molecule has 352 valence electrons. The topological polar surface area (TPSA) is 207 Å². The molecule has 7 rings (SSSR count). The predicted molar refractivity (Wildman–Crippen MR) is 264 cm³/mol. The summed E-state index contributed by atoms with van der Waals surface area (Å²) in [5.74, 6) is -0.638. The molecule has 20 heteroatoms. The van der Waals surface area contributed by atoms with E-state index in [1.165, 1.54) is 12.3 Å².